The van der Waals surface area contributed by atoms with Gasteiger partial charge in [-0.2, -0.15) is 0 Å². The van der Waals surface area contributed by atoms with Crippen molar-refractivity contribution in [3.63, 3.8) is 0 Å². The summed E-state index contributed by atoms with van der Waals surface area (Å²) in [5, 5.41) is 12.1. The number of piperidine rings is 1. The molecule has 5 aromatic rings. The van der Waals surface area contributed by atoms with Crippen LogP contribution in [0.15, 0.2) is 103 Å². The van der Waals surface area contributed by atoms with Crippen molar-refractivity contribution in [3.05, 3.63) is 136 Å². The molecule has 2 aliphatic heterocycles. The molecule has 3 aromatic carbocycles. The number of anilines is 1. The van der Waals surface area contributed by atoms with Crippen LogP contribution in [-0.4, -0.2) is 93.1 Å². The van der Waals surface area contributed by atoms with E-state index in [-0.39, 0.29) is 39.7 Å². The molecule has 2 aliphatic carbocycles. The molecule has 1 saturated carbocycles. The molecule has 4 unspecified atom stereocenters. The average molecular weight is 925 g/mol. The molecule has 13 nitrogen and oxygen atoms in total. The highest BCUT2D eigenvalue weighted by atomic mass is 32.2. The number of alkyl halides is 3. The molecule has 0 bridgehead atoms. The number of ether oxygens (including phenoxy) is 2. The van der Waals surface area contributed by atoms with Crippen molar-refractivity contribution in [1.29, 1.82) is 0 Å². The zero-order valence-electron chi connectivity index (χ0n) is 37.0. The maximum absolute atomic E-state index is 13.8. The van der Waals surface area contributed by atoms with E-state index in [0.29, 0.717) is 35.6 Å². The first-order valence-electron chi connectivity index (χ1n) is 22.6. The van der Waals surface area contributed by atoms with Crippen LogP contribution < -0.4 is 24.8 Å². The van der Waals surface area contributed by atoms with Gasteiger partial charge in [-0.3, -0.25) is 29.4 Å². The Bertz CT molecular complexity index is 2560. The lowest BCUT2D eigenvalue weighted by molar-refractivity contribution is -0.524. The van der Waals surface area contributed by atoms with Gasteiger partial charge in [0.25, 0.3) is 5.91 Å². The van der Waals surface area contributed by atoms with Crippen LogP contribution in [0.2, 0.25) is 0 Å². The van der Waals surface area contributed by atoms with Crippen LogP contribution in [-0.2, 0) is 6.54 Å². The van der Waals surface area contributed by atoms with Crippen molar-refractivity contribution in [3.8, 4) is 17.2 Å². The first kappa shape index (κ1) is 45.5. The molecular formula is C49H55F3N8O5S. The van der Waals surface area contributed by atoms with Crippen LogP contribution in [0.3, 0.4) is 0 Å². The number of nitro groups is 1. The highest BCUT2D eigenvalue weighted by Gasteiger charge is 2.50. The number of rotatable bonds is 13. The minimum Gasteiger partial charge on any atom is -0.455 e. The zero-order valence-corrected chi connectivity index (χ0v) is 37.8. The first-order valence-corrected chi connectivity index (χ1v) is 23.5. The number of pyridine rings is 1. The lowest BCUT2D eigenvalue weighted by Crippen LogP contribution is -2.60. The number of fused-ring (bicyclic) bond motifs is 1. The molecule has 3 fully saturated rings. The quantitative estimate of drug-likeness (QED) is 0.0448. The van der Waals surface area contributed by atoms with Crippen molar-refractivity contribution in [1.82, 2.24) is 24.5 Å². The largest absolute Gasteiger partial charge is 0.573 e. The lowest BCUT2D eigenvalue weighted by atomic mass is 9.59. The number of hydrogen-bond acceptors (Lipinski definition) is 11. The Kier molecular flexibility index (Phi) is 13.1. The number of hydrogen-bond donors (Lipinski definition) is 3. The zero-order chi connectivity index (χ0) is 46.2. The third kappa shape index (κ3) is 10.2. The van der Waals surface area contributed by atoms with Crippen LogP contribution in [0.1, 0.15) is 85.0 Å². The third-order valence-corrected chi connectivity index (χ3v) is 14.8. The predicted octanol–water partition coefficient (Wildman–Crippen LogP) is 9.36. The van der Waals surface area contributed by atoms with Crippen molar-refractivity contribution < 1.29 is 32.4 Å². The summed E-state index contributed by atoms with van der Waals surface area (Å²) in [6.07, 6.45) is 6.66. The summed E-state index contributed by atoms with van der Waals surface area (Å²) in [7, 11) is 0. The minimum atomic E-state index is -4.72. The van der Waals surface area contributed by atoms with E-state index < -0.39 is 18.4 Å². The molecule has 1 spiro atoms. The van der Waals surface area contributed by atoms with Crippen molar-refractivity contribution >= 4 is 34.6 Å². The Balaban J connectivity index is 0.870. The van der Waals surface area contributed by atoms with Crippen LogP contribution in [0, 0.1) is 15.5 Å². The Morgan fingerprint density at radius 3 is 2.53 bits per heavy atom. The Labute approximate surface area is 386 Å². The predicted molar refractivity (Wildman–Crippen MR) is 249 cm³/mol. The molecule has 17 heteroatoms. The second-order valence-electron chi connectivity index (χ2n) is 18.5. The highest BCUT2D eigenvalue weighted by molar-refractivity contribution is 7.98. The standard InChI is InChI=1S/C49H55F3N8O5S/c1-31(2)39-5-3-4-6-40(39)44-30-57(29-32-7-10-36(11-8-32)65-49(50,51)52)21-22-59(44)35-26-48(27-35)16-19-58(20-17-48)34-9-13-41(45(24-34)64-37-23-33-15-18-54-46(33)55-28-37)47(61)56-66-38-12-14-42(53)43(25-38)60(62)63/h3-15,18,23-24,28,31,35,38,42-44H,16-17,19-22,25-27,29-30,53H2,1-2H3,(H,54,55)(H,56,61). The lowest BCUT2D eigenvalue weighted by Gasteiger charge is -2.58. The molecular weight excluding hydrogens is 870 g/mol. The summed E-state index contributed by atoms with van der Waals surface area (Å²) < 4.78 is 51.9. The number of aromatic nitrogens is 2. The van der Waals surface area contributed by atoms with Gasteiger partial charge in [0.15, 0.2) is 0 Å². The van der Waals surface area contributed by atoms with Gasteiger partial charge in [-0.25, -0.2) is 4.98 Å². The van der Waals surface area contributed by atoms with Gasteiger partial charge in [-0.1, -0.05) is 62.4 Å². The third-order valence-electron chi connectivity index (χ3n) is 13.9. The number of piperazine rings is 1. The van der Waals surface area contributed by atoms with Gasteiger partial charge in [0.1, 0.15) is 22.9 Å². The number of H-pyrrole nitrogens is 1. The maximum atomic E-state index is 13.8. The van der Waals surface area contributed by atoms with E-state index in [4.69, 9.17) is 10.5 Å². The maximum Gasteiger partial charge on any atom is 0.573 e. The fourth-order valence-corrected chi connectivity index (χ4v) is 11.2. The molecule has 4 atom stereocenters. The molecule has 1 amide bonds. The number of carbonyl (C=O) groups is 1. The van der Waals surface area contributed by atoms with Gasteiger partial charge in [0, 0.05) is 91.3 Å². The van der Waals surface area contributed by atoms with Gasteiger partial charge >= 0.3 is 6.36 Å². The smallest absolute Gasteiger partial charge is 0.455 e. The Hall–Kier alpha value is -5.62. The van der Waals surface area contributed by atoms with E-state index >= 15 is 0 Å². The fraction of sp³-hybridized carbons (Fsp3) is 0.429. The van der Waals surface area contributed by atoms with Gasteiger partial charge in [0.05, 0.1) is 17.8 Å². The van der Waals surface area contributed by atoms with E-state index in [2.05, 4.69) is 72.2 Å². The number of nitrogens with zero attached hydrogens (tertiary/aromatic N) is 5. The topological polar surface area (TPSA) is 155 Å². The summed E-state index contributed by atoms with van der Waals surface area (Å²) >= 11 is 1.13. The second-order valence-corrected chi connectivity index (χ2v) is 19.6. The van der Waals surface area contributed by atoms with E-state index in [1.807, 2.05) is 24.3 Å². The van der Waals surface area contributed by atoms with Crippen LogP contribution in [0.4, 0.5) is 18.9 Å². The molecule has 4 aliphatic rings. The van der Waals surface area contributed by atoms with Crippen molar-refractivity contribution in [2.24, 2.45) is 11.1 Å². The molecule has 2 saturated heterocycles. The van der Waals surface area contributed by atoms with Gasteiger partial charge in [-0.05, 0) is 102 Å². The van der Waals surface area contributed by atoms with Crippen LogP contribution in [0.25, 0.3) is 11.0 Å². The second kappa shape index (κ2) is 18.9. The average Bonchev–Trinajstić information content (AvgIpc) is 3.76. The first-order chi connectivity index (χ1) is 31.7. The van der Waals surface area contributed by atoms with E-state index in [1.165, 1.54) is 23.3 Å². The molecule has 4 heterocycles. The summed E-state index contributed by atoms with van der Waals surface area (Å²) in [5.74, 6) is 0.637. The van der Waals surface area contributed by atoms with Crippen molar-refractivity contribution in [2.75, 3.05) is 37.6 Å². The molecule has 9 rings (SSSR count). The summed E-state index contributed by atoms with van der Waals surface area (Å²) in [6.45, 7) is 9.41. The van der Waals surface area contributed by atoms with Gasteiger partial charge < -0.3 is 25.1 Å². The molecule has 66 heavy (non-hydrogen) atoms. The Morgan fingerprint density at radius 1 is 1.02 bits per heavy atom. The SMILES string of the molecule is CC(C)c1ccccc1C1CN(Cc2ccc(OC(F)(F)F)cc2)CCN1C1CC2(CCN(c3ccc(C(=O)NSC4C=CC(N)C([N+](=O)[O-])C4)c(Oc4cnc5[nH]ccc5c4)c3)CC2)C1. The van der Waals surface area contributed by atoms with Gasteiger partial charge in [0.2, 0.25) is 6.04 Å². The van der Waals surface area contributed by atoms with Crippen LogP contribution >= 0.6 is 11.9 Å². The van der Waals surface area contributed by atoms with E-state index in [1.54, 1.807) is 42.7 Å². The molecule has 348 valence electrons. The number of carbonyl (C=O) groups excluding carboxylic acids is 1. The van der Waals surface area contributed by atoms with Gasteiger partial charge in [-0.15, -0.1) is 13.2 Å². The minimum absolute atomic E-state index is 0.184. The summed E-state index contributed by atoms with van der Waals surface area (Å²) in [4.78, 5) is 40.1. The Morgan fingerprint density at radius 2 is 1.79 bits per heavy atom. The van der Waals surface area contributed by atoms with Crippen molar-refractivity contribution in [2.45, 2.75) is 94.2 Å². The van der Waals surface area contributed by atoms with Crippen LogP contribution in [0.5, 0.6) is 17.2 Å². The molecule has 2 aromatic heterocycles. The monoisotopic (exact) mass is 924 g/mol. The number of halogens is 3. The number of benzene rings is 3. The number of nitrogens with one attached hydrogen (secondary N) is 2. The van der Waals surface area contributed by atoms with E-state index in [9.17, 15) is 28.1 Å². The number of aromatic amines is 1. The van der Waals surface area contributed by atoms with E-state index in [0.717, 1.165) is 92.6 Å². The summed E-state index contributed by atoms with van der Waals surface area (Å²) in [6, 6.07) is 23.4. The summed E-state index contributed by atoms with van der Waals surface area (Å²) in [5.41, 5.74) is 11.8. The normalized spacial score (nSPS) is 22.7. The fourth-order valence-electron chi connectivity index (χ4n) is 10.4. The number of amides is 1. The number of nitrogens with two attached hydrogens (primary N) is 1. The molecule has 0 radical (unpaired) electrons. The highest BCUT2D eigenvalue weighted by Crippen LogP contribution is 2.53. The molecule has 4 N–H and O–H groups in total.